The summed E-state index contributed by atoms with van der Waals surface area (Å²) in [6, 6.07) is 0. The maximum Gasteiger partial charge on any atom is 0.377 e. The van der Waals surface area contributed by atoms with Gasteiger partial charge in [-0.15, -0.1) is 0 Å². The predicted octanol–water partition coefficient (Wildman–Crippen LogP) is 0.215. The van der Waals surface area contributed by atoms with Crippen LogP contribution in [0.2, 0.25) is 0 Å². The lowest BCUT2D eigenvalue weighted by Crippen LogP contribution is -2.39. The van der Waals surface area contributed by atoms with Crippen molar-refractivity contribution < 1.29 is 33.7 Å². The van der Waals surface area contributed by atoms with Crippen molar-refractivity contribution in [2.24, 2.45) is 10.9 Å². The Balaban J connectivity index is 2.77. The van der Waals surface area contributed by atoms with Crippen molar-refractivity contribution in [3.05, 3.63) is 11.8 Å². The molecule has 0 aliphatic carbocycles. The van der Waals surface area contributed by atoms with E-state index in [4.69, 9.17) is 29.9 Å². The number of rotatable bonds is 8. The van der Waals surface area contributed by atoms with E-state index in [-0.39, 0.29) is 31.8 Å². The minimum Gasteiger partial charge on any atom is -0.463 e. The van der Waals surface area contributed by atoms with E-state index >= 15 is 0 Å². The molecule has 0 saturated carbocycles. The van der Waals surface area contributed by atoms with Gasteiger partial charge in [-0.05, 0) is 33.1 Å². The third kappa shape index (κ3) is 6.55. The lowest BCUT2D eigenvalue weighted by Gasteiger charge is -2.28. The number of hydrogen-bond donors (Lipinski definition) is 2. The molecule has 0 spiro atoms. The minimum absolute atomic E-state index is 0.00667. The fourth-order valence-corrected chi connectivity index (χ4v) is 2.03. The van der Waals surface area contributed by atoms with Crippen molar-refractivity contribution in [2.75, 3.05) is 19.8 Å². The first-order valence-electron chi connectivity index (χ1n) is 7.84. The SMILES string of the molecule is CCOC(=O)C=C(ON=C(N)[C@H]1CCC[C@@H](CO)O1)C(=O)OCC. The normalized spacial score (nSPS) is 22.0. The van der Waals surface area contributed by atoms with E-state index in [0.29, 0.717) is 6.42 Å². The maximum absolute atomic E-state index is 11.8. The van der Waals surface area contributed by atoms with Crippen LogP contribution in [0.4, 0.5) is 0 Å². The molecule has 1 fully saturated rings. The second kappa shape index (κ2) is 10.6. The molecule has 1 rings (SSSR count). The van der Waals surface area contributed by atoms with Gasteiger partial charge in [-0.3, -0.25) is 0 Å². The predicted molar refractivity (Wildman–Crippen MR) is 83.7 cm³/mol. The van der Waals surface area contributed by atoms with Crippen LogP contribution in [0.25, 0.3) is 0 Å². The van der Waals surface area contributed by atoms with Crippen molar-refractivity contribution in [3.8, 4) is 0 Å². The number of nitrogens with zero attached hydrogens (tertiary/aromatic N) is 1. The number of aliphatic hydroxyl groups is 1. The highest BCUT2D eigenvalue weighted by Crippen LogP contribution is 2.19. The Kier molecular flexibility index (Phi) is 8.80. The first-order valence-corrected chi connectivity index (χ1v) is 7.84. The lowest BCUT2D eigenvalue weighted by molar-refractivity contribution is -0.144. The van der Waals surface area contributed by atoms with Gasteiger partial charge in [-0.25, -0.2) is 9.59 Å². The van der Waals surface area contributed by atoms with Crippen LogP contribution in [-0.4, -0.2) is 54.9 Å². The Morgan fingerprint density at radius 2 is 2.00 bits per heavy atom. The van der Waals surface area contributed by atoms with Gasteiger partial charge in [0.15, 0.2) is 5.84 Å². The molecule has 0 amide bonds. The highest BCUT2D eigenvalue weighted by Gasteiger charge is 2.25. The molecule has 0 unspecified atom stereocenters. The summed E-state index contributed by atoms with van der Waals surface area (Å²) in [5.74, 6) is -2.05. The average Bonchev–Trinajstić information content (AvgIpc) is 2.58. The second-order valence-corrected chi connectivity index (χ2v) is 4.95. The molecule has 2 atom stereocenters. The number of ether oxygens (including phenoxy) is 3. The quantitative estimate of drug-likeness (QED) is 0.160. The Morgan fingerprint density at radius 3 is 2.62 bits per heavy atom. The molecular weight excluding hydrogens is 320 g/mol. The maximum atomic E-state index is 11.8. The van der Waals surface area contributed by atoms with Gasteiger partial charge in [0.05, 0.1) is 32.0 Å². The van der Waals surface area contributed by atoms with Crippen molar-refractivity contribution in [3.63, 3.8) is 0 Å². The van der Waals surface area contributed by atoms with Gasteiger partial charge in [0.1, 0.15) is 6.10 Å². The average molecular weight is 344 g/mol. The summed E-state index contributed by atoms with van der Waals surface area (Å²) in [7, 11) is 0. The van der Waals surface area contributed by atoms with E-state index in [9.17, 15) is 9.59 Å². The van der Waals surface area contributed by atoms with Crippen molar-refractivity contribution in [1.82, 2.24) is 0 Å². The molecule has 136 valence electrons. The molecule has 24 heavy (non-hydrogen) atoms. The third-order valence-electron chi connectivity index (χ3n) is 3.14. The number of carbonyl (C=O) groups excluding carboxylic acids is 2. The molecule has 1 aliphatic rings. The Labute approximate surface area is 140 Å². The number of nitrogens with two attached hydrogens (primary N) is 1. The fourth-order valence-electron chi connectivity index (χ4n) is 2.03. The monoisotopic (exact) mass is 344 g/mol. The largest absolute Gasteiger partial charge is 0.463 e. The van der Waals surface area contributed by atoms with Crippen LogP contribution in [0.1, 0.15) is 33.1 Å². The molecule has 1 heterocycles. The highest BCUT2D eigenvalue weighted by molar-refractivity contribution is 5.95. The van der Waals surface area contributed by atoms with E-state index in [1.54, 1.807) is 13.8 Å². The molecule has 1 saturated heterocycles. The van der Waals surface area contributed by atoms with Crippen molar-refractivity contribution in [1.29, 1.82) is 0 Å². The van der Waals surface area contributed by atoms with E-state index in [0.717, 1.165) is 18.9 Å². The lowest BCUT2D eigenvalue weighted by atomic mass is 10.0. The van der Waals surface area contributed by atoms with E-state index in [1.807, 2.05) is 0 Å². The molecule has 0 aromatic carbocycles. The molecule has 0 aromatic heterocycles. The van der Waals surface area contributed by atoms with Gasteiger partial charge >= 0.3 is 11.9 Å². The minimum atomic E-state index is -0.861. The van der Waals surface area contributed by atoms with Gasteiger partial charge in [-0.2, -0.15) is 0 Å². The third-order valence-corrected chi connectivity index (χ3v) is 3.14. The number of amidine groups is 1. The first kappa shape index (κ1) is 19.9. The van der Waals surface area contributed by atoms with Gasteiger partial charge in [-0.1, -0.05) is 5.16 Å². The summed E-state index contributed by atoms with van der Waals surface area (Å²) in [6.45, 7) is 3.38. The van der Waals surface area contributed by atoms with Crippen LogP contribution in [0.5, 0.6) is 0 Å². The topological polar surface area (TPSA) is 130 Å². The summed E-state index contributed by atoms with van der Waals surface area (Å²) >= 11 is 0. The molecule has 1 aliphatic heterocycles. The zero-order valence-corrected chi connectivity index (χ0v) is 13.9. The number of aliphatic hydroxyl groups excluding tert-OH is 1. The Morgan fingerprint density at radius 1 is 1.29 bits per heavy atom. The second-order valence-electron chi connectivity index (χ2n) is 4.95. The Hall–Kier alpha value is -2.13. The van der Waals surface area contributed by atoms with Gasteiger partial charge in [0.2, 0.25) is 5.76 Å². The summed E-state index contributed by atoms with van der Waals surface area (Å²) in [6.07, 6.45) is 2.18. The van der Waals surface area contributed by atoms with E-state index in [2.05, 4.69) is 5.16 Å². The summed E-state index contributed by atoms with van der Waals surface area (Å²) in [4.78, 5) is 28.2. The van der Waals surface area contributed by atoms with Gasteiger partial charge < -0.3 is 29.9 Å². The smallest absolute Gasteiger partial charge is 0.377 e. The number of carbonyl (C=O) groups is 2. The summed E-state index contributed by atoms with van der Waals surface area (Å²) < 4.78 is 15.0. The van der Waals surface area contributed by atoms with Crippen molar-refractivity contribution >= 4 is 17.8 Å². The van der Waals surface area contributed by atoms with Crippen molar-refractivity contribution in [2.45, 2.75) is 45.3 Å². The molecule has 0 aromatic rings. The van der Waals surface area contributed by atoms with Crippen LogP contribution < -0.4 is 5.73 Å². The van der Waals surface area contributed by atoms with Gasteiger partial charge in [0, 0.05) is 0 Å². The molecule has 9 heteroatoms. The van der Waals surface area contributed by atoms with E-state index < -0.39 is 23.8 Å². The number of hydrogen-bond acceptors (Lipinski definition) is 8. The van der Waals surface area contributed by atoms with Crippen LogP contribution in [0, 0.1) is 0 Å². The molecular formula is C15H24N2O7. The highest BCUT2D eigenvalue weighted by atomic mass is 16.7. The summed E-state index contributed by atoms with van der Waals surface area (Å²) in [5, 5.41) is 12.8. The summed E-state index contributed by atoms with van der Waals surface area (Å²) in [5.41, 5.74) is 5.80. The molecule has 9 nitrogen and oxygen atoms in total. The molecule has 0 bridgehead atoms. The van der Waals surface area contributed by atoms with E-state index in [1.165, 1.54) is 0 Å². The fraction of sp³-hybridized carbons (Fsp3) is 0.667. The number of esters is 2. The zero-order valence-electron chi connectivity index (χ0n) is 13.9. The first-order chi connectivity index (χ1) is 11.5. The zero-order chi connectivity index (χ0) is 17.9. The van der Waals surface area contributed by atoms with Crippen LogP contribution in [0.3, 0.4) is 0 Å². The van der Waals surface area contributed by atoms with Gasteiger partial charge in [0.25, 0.3) is 0 Å². The molecule has 0 radical (unpaired) electrons. The molecule has 3 N–H and O–H groups in total. The van der Waals surface area contributed by atoms with Crippen LogP contribution >= 0.6 is 0 Å². The Bertz CT molecular complexity index is 490. The number of oxime groups is 1. The van der Waals surface area contributed by atoms with Crippen LogP contribution in [-0.2, 0) is 28.6 Å². The standard InChI is InChI=1S/C15H24N2O7/c1-3-21-13(19)8-12(15(20)22-4-2)24-17-14(16)11-7-5-6-10(9-18)23-11/h8,10-11,18H,3-7,9H2,1-2H3,(H2,16,17)/t10-,11+/m0/s1. The van der Waals surface area contributed by atoms with Crippen LogP contribution in [0.15, 0.2) is 17.0 Å².